The first-order chi connectivity index (χ1) is 11.2. The number of rotatable bonds is 5. The number of ether oxygens (including phenoxy) is 2. The number of para-hydroxylation sites is 2. The zero-order valence-electron chi connectivity index (χ0n) is 12.5. The van der Waals surface area contributed by atoms with Crippen molar-refractivity contribution in [3.63, 3.8) is 0 Å². The monoisotopic (exact) mass is 327 g/mol. The van der Waals surface area contributed by atoms with Crippen LogP contribution in [0, 0.1) is 0 Å². The average Bonchev–Trinajstić information content (AvgIpc) is 2.59. The summed E-state index contributed by atoms with van der Waals surface area (Å²) in [6.07, 6.45) is 0. The molecule has 2 aromatic rings. The lowest BCUT2D eigenvalue weighted by Gasteiger charge is -2.26. The molecule has 5 heteroatoms. The lowest BCUT2D eigenvalue weighted by Crippen LogP contribution is -2.29. The van der Waals surface area contributed by atoms with E-state index in [2.05, 4.69) is 11.9 Å². The minimum atomic E-state index is -0.443. The summed E-state index contributed by atoms with van der Waals surface area (Å²) in [5.41, 5.74) is 1.61. The predicted octanol–water partition coefficient (Wildman–Crippen LogP) is 3.71. The first-order valence-electron chi connectivity index (χ1n) is 7.30. The Morgan fingerprint density at radius 2 is 1.83 bits per heavy atom. The van der Waals surface area contributed by atoms with E-state index in [9.17, 15) is 4.79 Å². The molecule has 4 nitrogen and oxygen atoms in total. The molecule has 0 saturated heterocycles. The van der Waals surface area contributed by atoms with Crippen molar-refractivity contribution >= 4 is 23.4 Å². The highest BCUT2D eigenvalue weighted by atomic mass is 32.2. The van der Waals surface area contributed by atoms with Crippen LogP contribution in [0.5, 0.6) is 5.75 Å². The van der Waals surface area contributed by atoms with E-state index >= 15 is 0 Å². The highest BCUT2D eigenvalue weighted by Crippen LogP contribution is 2.39. The van der Waals surface area contributed by atoms with Gasteiger partial charge in [-0.2, -0.15) is 0 Å². The topological polar surface area (TPSA) is 47.6 Å². The largest absolute Gasteiger partial charge is 0.490 e. The van der Waals surface area contributed by atoms with Crippen molar-refractivity contribution in [2.75, 3.05) is 18.5 Å². The standard InChI is InChI=1S/C18H17NO3S/c1-13-17(23-16-10-6-5-9-15(16)19-13)18(20)22-12-11-21-14-7-3-2-4-8-14/h2-10,17,19H,1,11-12H2/t17-/m1/s1. The molecular formula is C18H17NO3S. The third-order valence-electron chi connectivity index (χ3n) is 3.30. The molecule has 1 aliphatic heterocycles. The van der Waals surface area contributed by atoms with Gasteiger partial charge in [0.1, 0.15) is 24.2 Å². The Balaban J connectivity index is 1.50. The highest BCUT2D eigenvalue weighted by Gasteiger charge is 2.29. The van der Waals surface area contributed by atoms with Gasteiger partial charge in [0.25, 0.3) is 0 Å². The van der Waals surface area contributed by atoms with Gasteiger partial charge in [0, 0.05) is 10.6 Å². The fourth-order valence-corrected chi connectivity index (χ4v) is 3.22. The van der Waals surface area contributed by atoms with Crippen LogP contribution in [0.2, 0.25) is 0 Å². The molecule has 0 spiro atoms. The number of nitrogens with one attached hydrogen (secondary N) is 1. The molecule has 3 rings (SSSR count). The van der Waals surface area contributed by atoms with Crippen molar-refractivity contribution in [2.24, 2.45) is 0 Å². The zero-order valence-corrected chi connectivity index (χ0v) is 13.3. The Bertz CT molecular complexity index is 702. The van der Waals surface area contributed by atoms with Crippen LogP contribution in [-0.4, -0.2) is 24.4 Å². The van der Waals surface area contributed by atoms with Crippen LogP contribution in [-0.2, 0) is 9.53 Å². The molecule has 0 saturated carbocycles. The number of hydrogen-bond acceptors (Lipinski definition) is 5. The predicted molar refractivity (Wildman–Crippen MR) is 91.7 cm³/mol. The maximum Gasteiger partial charge on any atom is 0.325 e. The number of carbonyl (C=O) groups excluding carboxylic acids is 1. The van der Waals surface area contributed by atoms with Gasteiger partial charge in [-0.3, -0.25) is 4.79 Å². The van der Waals surface area contributed by atoms with Crippen molar-refractivity contribution in [2.45, 2.75) is 10.1 Å². The fourth-order valence-electron chi connectivity index (χ4n) is 2.19. The number of esters is 1. The van der Waals surface area contributed by atoms with Gasteiger partial charge < -0.3 is 14.8 Å². The van der Waals surface area contributed by atoms with E-state index in [1.807, 2.05) is 54.6 Å². The van der Waals surface area contributed by atoms with Crippen LogP contribution < -0.4 is 10.1 Å². The van der Waals surface area contributed by atoms with Gasteiger partial charge in [0.2, 0.25) is 0 Å². The SMILES string of the molecule is C=C1Nc2ccccc2S[C@H]1C(=O)OCCOc1ccccc1. The molecule has 0 fully saturated rings. The lowest BCUT2D eigenvalue weighted by molar-refractivity contribution is -0.142. The van der Waals surface area contributed by atoms with Crippen LogP contribution in [0.1, 0.15) is 0 Å². The van der Waals surface area contributed by atoms with Crippen molar-refractivity contribution < 1.29 is 14.3 Å². The quantitative estimate of drug-likeness (QED) is 0.670. The molecule has 1 N–H and O–H groups in total. The summed E-state index contributed by atoms with van der Waals surface area (Å²) in [5.74, 6) is 0.453. The Morgan fingerprint density at radius 3 is 2.65 bits per heavy atom. The summed E-state index contributed by atoms with van der Waals surface area (Å²) in [4.78, 5) is 13.2. The molecule has 0 aromatic heterocycles. The van der Waals surface area contributed by atoms with E-state index in [0.29, 0.717) is 12.3 Å². The maximum absolute atomic E-state index is 12.2. The maximum atomic E-state index is 12.2. The summed E-state index contributed by atoms with van der Waals surface area (Å²) in [6, 6.07) is 17.3. The zero-order chi connectivity index (χ0) is 16.1. The molecule has 0 aliphatic carbocycles. The van der Waals surface area contributed by atoms with Gasteiger partial charge >= 0.3 is 5.97 Å². The van der Waals surface area contributed by atoms with Crippen molar-refractivity contribution in [3.05, 3.63) is 66.9 Å². The number of carbonyl (C=O) groups is 1. The Kier molecular flexibility index (Phi) is 4.88. The minimum Gasteiger partial charge on any atom is -0.490 e. The van der Waals surface area contributed by atoms with Gasteiger partial charge in [-0.05, 0) is 24.3 Å². The van der Waals surface area contributed by atoms with E-state index in [-0.39, 0.29) is 12.6 Å². The Morgan fingerprint density at radius 1 is 1.09 bits per heavy atom. The second-order valence-electron chi connectivity index (χ2n) is 4.97. The van der Waals surface area contributed by atoms with Gasteiger partial charge in [0.05, 0.1) is 5.69 Å². The molecule has 1 atom stereocenters. The van der Waals surface area contributed by atoms with E-state index < -0.39 is 5.25 Å². The lowest BCUT2D eigenvalue weighted by atomic mass is 10.2. The number of anilines is 1. The molecule has 1 heterocycles. The molecule has 2 aromatic carbocycles. The van der Waals surface area contributed by atoms with E-state index in [1.54, 1.807) is 0 Å². The normalized spacial score (nSPS) is 16.2. The van der Waals surface area contributed by atoms with Crippen LogP contribution in [0.25, 0.3) is 0 Å². The van der Waals surface area contributed by atoms with Gasteiger partial charge in [-0.15, -0.1) is 11.8 Å². The van der Waals surface area contributed by atoms with E-state index in [1.165, 1.54) is 11.8 Å². The van der Waals surface area contributed by atoms with E-state index in [4.69, 9.17) is 9.47 Å². The van der Waals surface area contributed by atoms with Crippen LogP contribution in [0.4, 0.5) is 5.69 Å². The summed E-state index contributed by atoms with van der Waals surface area (Å²) in [7, 11) is 0. The van der Waals surface area contributed by atoms with Crippen LogP contribution in [0.15, 0.2) is 71.8 Å². The van der Waals surface area contributed by atoms with Crippen molar-refractivity contribution in [3.8, 4) is 5.75 Å². The number of thioether (sulfide) groups is 1. The molecule has 23 heavy (non-hydrogen) atoms. The van der Waals surface area contributed by atoms with Crippen molar-refractivity contribution in [1.82, 2.24) is 0 Å². The fraction of sp³-hybridized carbons (Fsp3) is 0.167. The third kappa shape index (κ3) is 3.87. The summed E-state index contributed by atoms with van der Waals surface area (Å²) in [6.45, 7) is 4.46. The second kappa shape index (κ2) is 7.24. The molecule has 0 bridgehead atoms. The molecule has 0 radical (unpaired) electrons. The highest BCUT2D eigenvalue weighted by molar-refractivity contribution is 8.01. The smallest absolute Gasteiger partial charge is 0.325 e. The molecule has 1 aliphatic rings. The Labute approximate surface area is 139 Å². The van der Waals surface area contributed by atoms with Crippen LogP contribution >= 0.6 is 11.8 Å². The second-order valence-corrected chi connectivity index (χ2v) is 6.12. The third-order valence-corrected chi connectivity index (χ3v) is 4.62. The minimum absolute atomic E-state index is 0.208. The molecular weight excluding hydrogens is 310 g/mol. The number of fused-ring (bicyclic) bond motifs is 1. The average molecular weight is 327 g/mol. The van der Waals surface area contributed by atoms with Gasteiger partial charge in [-0.25, -0.2) is 0 Å². The van der Waals surface area contributed by atoms with Crippen LogP contribution in [0.3, 0.4) is 0 Å². The summed E-state index contributed by atoms with van der Waals surface area (Å²) < 4.78 is 10.8. The Hall–Kier alpha value is -2.40. The molecule has 0 unspecified atom stereocenters. The number of hydrogen-bond donors (Lipinski definition) is 1. The molecule has 118 valence electrons. The van der Waals surface area contributed by atoms with Gasteiger partial charge in [0.15, 0.2) is 0 Å². The van der Waals surface area contributed by atoms with Gasteiger partial charge in [-0.1, -0.05) is 36.9 Å². The summed E-state index contributed by atoms with van der Waals surface area (Å²) in [5, 5.41) is 2.72. The van der Waals surface area contributed by atoms with Crippen molar-refractivity contribution in [1.29, 1.82) is 0 Å². The summed E-state index contributed by atoms with van der Waals surface area (Å²) >= 11 is 1.45. The molecule has 0 amide bonds. The van der Waals surface area contributed by atoms with E-state index in [0.717, 1.165) is 16.3 Å². The number of benzene rings is 2. The first kappa shape index (κ1) is 15.5. The first-order valence-corrected chi connectivity index (χ1v) is 8.18.